The summed E-state index contributed by atoms with van der Waals surface area (Å²) in [4.78, 5) is 8.98. The van der Waals surface area contributed by atoms with Crippen LogP contribution in [-0.4, -0.2) is 22.8 Å². The second-order valence-corrected chi connectivity index (χ2v) is 4.73. The van der Waals surface area contributed by atoms with Gasteiger partial charge in [0.2, 0.25) is 0 Å². The number of halogens is 1. The Hall–Kier alpha value is -0.290. The molecule has 0 spiro atoms. The van der Waals surface area contributed by atoms with Crippen molar-refractivity contribution >= 4 is 33.5 Å². The van der Waals surface area contributed by atoms with Crippen molar-refractivity contribution in [3.8, 4) is 0 Å². The first-order valence-electron chi connectivity index (χ1n) is 5.01. The normalized spacial score (nSPS) is 10.4. The van der Waals surface area contributed by atoms with Gasteiger partial charge < -0.3 is 5.32 Å². The molecule has 0 bridgehead atoms. The van der Waals surface area contributed by atoms with Crippen molar-refractivity contribution in [2.75, 3.05) is 18.1 Å². The summed E-state index contributed by atoms with van der Waals surface area (Å²) in [5.41, 5.74) is 1.07. The van der Waals surface area contributed by atoms with Gasteiger partial charge in [-0.05, 0) is 35.5 Å². The van der Waals surface area contributed by atoms with Gasteiger partial charge in [0.25, 0.3) is 0 Å². The van der Waals surface area contributed by atoms with Crippen molar-refractivity contribution in [3.05, 3.63) is 16.0 Å². The number of hydrogen-bond acceptors (Lipinski definition) is 4. The van der Waals surface area contributed by atoms with Crippen LogP contribution in [0, 0.1) is 0 Å². The highest BCUT2D eigenvalue weighted by atomic mass is 79.9. The molecule has 1 rings (SSSR count). The predicted octanol–water partition coefficient (Wildman–Crippen LogP) is 3.10. The number of nitrogens with zero attached hydrogens (tertiary/aromatic N) is 2. The molecule has 0 unspecified atom stereocenters. The lowest BCUT2D eigenvalue weighted by Gasteiger charge is -2.10. The van der Waals surface area contributed by atoms with E-state index in [9.17, 15) is 0 Å². The molecular weight excluding hydrogens is 274 g/mol. The van der Waals surface area contributed by atoms with Gasteiger partial charge in [-0.25, -0.2) is 9.97 Å². The van der Waals surface area contributed by atoms with Crippen LogP contribution in [0.3, 0.4) is 0 Å². The zero-order chi connectivity index (χ0) is 11.3. The number of anilines is 1. The summed E-state index contributed by atoms with van der Waals surface area (Å²) in [6.45, 7) is 5.04. The molecule has 15 heavy (non-hydrogen) atoms. The van der Waals surface area contributed by atoms with Gasteiger partial charge in [-0.3, -0.25) is 0 Å². The predicted molar refractivity (Wildman–Crippen MR) is 70.5 cm³/mol. The molecule has 0 aromatic carbocycles. The van der Waals surface area contributed by atoms with Gasteiger partial charge in [-0.1, -0.05) is 6.92 Å². The summed E-state index contributed by atoms with van der Waals surface area (Å²) in [7, 11) is 0. The third-order valence-corrected chi connectivity index (χ3v) is 3.30. The molecule has 0 amide bonds. The summed E-state index contributed by atoms with van der Waals surface area (Å²) in [5.74, 6) is 2.67. The molecule has 3 nitrogen and oxygen atoms in total. The molecule has 0 aliphatic heterocycles. The van der Waals surface area contributed by atoms with E-state index in [0.717, 1.165) is 40.5 Å². The number of thioether (sulfide) groups is 1. The highest BCUT2D eigenvalue weighted by Crippen LogP contribution is 2.24. The topological polar surface area (TPSA) is 37.8 Å². The lowest BCUT2D eigenvalue weighted by molar-refractivity contribution is 0.925. The molecule has 1 aromatic rings. The number of nitrogens with one attached hydrogen (secondary N) is 1. The fourth-order valence-corrected chi connectivity index (χ4v) is 2.24. The van der Waals surface area contributed by atoms with Gasteiger partial charge in [-0.2, -0.15) is 11.8 Å². The third-order valence-electron chi connectivity index (χ3n) is 1.92. The van der Waals surface area contributed by atoms with E-state index in [1.807, 2.05) is 0 Å². The Morgan fingerprint density at radius 3 is 2.60 bits per heavy atom. The number of aryl methyl sites for hydroxylation is 1. The first-order chi connectivity index (χ1) is 7.22. The largest absolute Gasteiger partial charge is 0.369 e. The maximum Gasteiger partial charge on any atom is 0.144 e. The maximum absolute atomic E-state index is 4.50. The van der Waals surface area contributed by atoms with Crippen molar-refractivity contribution in [2.45, 2.75) is 26.0 Å². The molecule has 0 fully saturated rings. The van der Waals surface area contributed by atoms with Crippen LogP contribution < -0.4 is 5.32 Å². The van der Waals surface area contributed by atoms with Crippen LogP contribution in [0.4, 0.5) is 5.82 Å². The van der Waals surface area contributed by atoms with Crippen LogP contribution in [0.25, 0.3) is 0 Å². The quantitative estimate of drug-likeness (QED) is 0.904. The lowest BCUT2D eigenvalue weighted by atomic mass is 10.3. The Labute approximate surface area is 104 Å². The zero-order valence-electron chi connectivity index (χ0n) is 9.30. The van der Waals surface area contributed by atoms with E-state index >= 15 is 0 Å². The molecule has 1 heterocycles. The van der Waals surface area contributed by atoms with Gasteiger partial charge >= 0.3 is 0 Å². The Kier molecular flexibility index (Phi) is 5.39. The monoisotopic (exact) mass is 289 g/mol. The Morgan fingerprint density at radius 1 is 1.33 bits per heavy atom. The summed E-state index contributed by atoms with van der Waals surface area (Å²) < 4.78 is 0.997. The van der Waals surface area contributed by atoms with Gasteiger partial charge in [0.1, 0.15) is 11.6 Å². The van der Waals surface area contributed by atoms with Gasteiger partial charge in [0.05, 0.1) is 15.9 Å². The Morgan fingerprint density at radius 2 is 2.07 bits per heavy atom. The summed E-state index contributed by atoms with van der Waals surface area (Å²) >= 11 is 5.27. The van der Waals surface area contributed by atoms with Gasteiger partial charge in [0.15, 0.2) is 0 Å². The number of aromatic nitrogens is 2. The summed E-state index contributed by atoms with van der Waals surface area (Å²) in [6, 6.07) is 0. The van der Waals surface area contributed by atoms with E-state index in [1.54, 1.807) is 11.8 Å². The van der Waals surface area contributed by atoms with Crippen molar-refractivity contribution in [3.63, 3.8) is 0 Å². The van der Waals surface area contributed by atoms with E-state index in [2.05, 4.69) is 51.3 Å². The molecular formula is C10H16BrN3S. The first kappa shape index (κ1) is 12.8. The molecule has 84 valence electrons. The minimum Gasteiger partial charge on any atom is -0.369 e. The molecule has 0 saturated carbocycles. The molecule has 1 N–H and O–H groups in total. The molecule has 0 aliphatic carbocycles. The Balaban J connectivity index is 3.07. The van der Waals surface area contributed by atoms with Crippen molar-refractivity contribution in [1.82, 2.24) is 9.97 Å². The molecule has 0 atom stereocenters. The standard InChI is InChI=1S/C10H16BrN3S/c1-4-7-9(11)10(12-5-2)14-8(13-7)6-15-3/h4-6H2,1-3H3,(H,12,13,14). The average molecular weight is 290 g/mol. The smallest absolute Gasteiger partial charge is 0.144 e. The van der Waals surface area contributed by atoms with Crippen LogP contribution in [0.2, 0.25) is 0 Å². The number of hydrogen-bond donors (Lipinski definition) is 1. The summed E-state index contributed by atoms with van der Waals surface area (Å²) in [5, 5.41) is 3.24. The molecule has 1 aromatic heterocycles. The molecule has 0 saturated heterocycles. The van der Waals surface area contributed by atoms with Crippen molar-refractivity contribution < 1.29 is 0 Å². The minimum absolute atomic E-state index is 0.860. The van der Waals surface area contributed by atoms with Gasteiger partial charge in [-0.15, -0.1) is 0 Å². The van der Waals surface area contributed by atoms with Crippen LogP contribution in [-0.2, 0) is 12.2 Å². The fraction of sp³-hybridized carbons (Fsp3) is 0.600. The lowest BCUT2D eigenvalue weighted by Crippen LogP contribution is -2.07. The zero-order valence-corrected chi connectivity index (χ0v) is 11.7. The van der Waals surface area contributed by atoms with E-state index in [1.165, 1.54) is 0 Å². The van der Waals surface area contributed by atoms with E-state index < -0.39 is 0 Å². The number of rotatable bonds is 5. The molecule has 0 radical (unpaired) electrons. The SMILES string of the molecule is CCNc1nc(CSC)nc(CC)c1Br. The van der Waals surface area contributed by atoms with E-state index in [4.69, 9.17) is 0 Å². The van der Waals surface area contributed by atoms with Crippen molar-refractivity contribution in [2.24, 2.45) is 0 Å². The van der Waals surface area contributed by atoms with Crippen molar-refractivity contribution in [1.29, 1.82) is 0 Å². The second-order valence-electron chi connectivity index (χ2n) is 3.07. The fourth-order valence-electron chi connectivity index (χ4n) is 1.26. The summed E-state index contributed by atoms with van der Waals surface area (Å²) in [6.07, 6.45) is 2.98. The average Bonchev–Trinajstić information content (AvgIpc) is 2.23. The third kappa shape index (κ3) is 3.34. The van der Waals surface area contributed by atoms with Crippen LogP contribution >= 0.6 is 27.7 Å². The van der Waals surface area contributed by atoms with E-state index in [0.29, 0.717) is 0 Å². The Bertz CT molecular complexity index is 331. The van der Waals surface area contributed by atoms with Crippen LogP contribution in [0.1, 0.15) is 25.4 Å². The van der Waals surface area contributed by atoms with E-state index in [-0.39, 0.29) is 0 Å². The van der Waals surface area contributed by atoms with Crippen LogP contribution in [0.15, 0.2) is 4.47 Å². The first-order valence-corrected chi connectivity index (χ1v) is 7.19. The highest BCUT2D eigenvalue weighted by molar-refractivity contribution is 9.10. The van der Waals surface area contributed by atoms with Gasteiger partial charge in [0, 0.05) is 6.54 Å². The highest BCUT2D eigenvalue weighted by Gasteiger charge is 2.09. The van der Waals surface area contributed by atoms with Crippen LogP contribution in [0.5, 0.6) is 0 Å². The molecule has 0 aliphatic rings. The molecule has 5 heteroatoms. The second kappa shape index (κ2) is 6.33. The maximum atomic E-state index is 4.50. The minimum atomic E-state index is 0.860.